The lowest BCUT2D eigenvalue weighted by Gasteiger charge is -2.35. The maximum atomic E-state index is 12.9. The molecular formula is C19H27ClNO3-. The van der Waals surface area contributed by atoms with Gasteiger partial charge in [-0.3, -0.25) is 9.69 Å². The molecular weight excluding hydrogens is 326 g/mol. The topological polar surface area (TPSA) is 38.8 Å². The Bertz CT molecular complexity index is 497. The summed E-state index contributed by atoms with van der Waals surface area (Å²) in [6.45, 7) is 4.71. The van der Waals surface area contributed by atoms with E-state index in [1.54, 1.807) is 0 Å². The molecule has 0 bridgehead atoms. The highest BCUT2D eigenvalue weighted by Gasteiger charge is 2.42. The minimum Gasteiger partial charge on any atom is -1.00 e. The van der Waals surface area contributed by atoms with Crippen molar-refractivity contribution in [3.63, 3.8) is 0 Å². The third-order valence-corrected chi connectivity index (χ3v) is 5.17. The maximum Gasteiger partial charge on any atom is 0.316 e. The molecule has 134 valence electrons. The molecule has 0 aromatic heterocycles. The van der Waals surface area contributed by atoms with Gasteiger partial charge in [0, 0.05) is 19.6 Å². The molecule has 24 heavy (non-hydrogen) atoms. The molecule has 5 heteroatoms. The zero-order valence-corrected chi connectivity index (χ0v) is 15.0. The predicted octanol–water partition coefficient (Wildman–Crippen LogP) is -0.232. The maximum absolute atomic E-state index is 12.9. The molecule has 0 radical (unpaired) electrons. The van der Waals surface area contributed by atoms with Crippen LogP contribution in [-0.4, -0.2) is 50.3 Å². The van der Waals surface area contributed by atoms with Crippen molar-refractivity contribution in [1.29, 1.82) is 0 Å². The van der Waals surface area contributed by atoms with Gasteiger partial charge in [0.2, 0.25) is 0 Å². The first-order chi connectivity index (χ1) is 11.3. The lowest BCUT2D eigenvalue weighted by Crippen LogP contribution is -3.00. The first-order valence-electron chi connectivity index (χ1n) is 8.84. The van der Waals surface area contributed by atoms with E-state index in [9.17, 15) is 4.79 Å². The number of carbonyl (C=O) groups excluding carboxylic acids is 1. The van der Waals surface area contributed by atoms with Crippen molar-refractivity contribution in [2.75, 3.05) is 39.5 Å². The van der Waals surface area contributed by atoms with Crippen molar-refractivity contribution in [3.8, 4) is 0 Å². The van der Waals surface area contributed by atoms with E-state index in [1.807, 2.05) is 18.2 Å². The lowest BCUT2D eigenvalue weighted by atomic mass is 9.69. The van der Waals surface area contributed by atoms with E-state index in [0.717, 1.165) is 64.1 Å². The van der Waals surface area contributed by atoms with Crippen LogP contribution in [0, 0.1) is 0 Å². The highest BCUT2D eigenvalue weighted by molar-refractivity contribution is 5.83. The minimum absolute atomic E-state index is 0. The number of carbonyl (C=O) groups is 1. The SMILES string of the molecule is O=C(OCCN1CCOCC1)C1(c2ccccc2)CCCCC1.[Cl-]. The number of hydrogen-bond donors (Lipinski definition) is 0. The van der Waals surface area contributed by atoms with E-state index < -0.39 is 5.41 Å². The van der Waals surface area contributed by atoms with Gasteiger partial charge in [-0.05, 0) is 18.4 Å². The van der Waals surface area contributed by atoms with E-state index in [-0.39, 0.29) is 18.4 Å². The molecule has 2 fully saturated rings. The van der Waals surface area contributed by atoms with Gasteiger partial charge in [-0.25, -0.2) is 0 Å². The Morgan fingerprint density at radius 3 is 2.42 bits per heavy atom. The Morgan fingerprint density at radius 2 is 1.75 bits per heavy atom. The van der Waals surface area contributed by atoms with Crippen LogP contribution in [0.25, 0.3) is 0 Å². The van der Waals surface area contributed by atoms with Gasteiger partial charge in [0.1, 0.15) is 6.61 Å². The molecule has 1 aliphatic heterocycles. The zero-order chi connectivity index (χ0) is 16.0. The monoisotopic (exact) mass is 352 g/mol. The van der Waals surface area contributed by atoms with E-state index in [1.165, 1.54) is 6.42 Å². The van der Waals surface area contributed by atoms with Gasteiger partial charge in [-0.15, -0.1) is 0 Å². The molecule has 2 aliphatic rings. The Hall–Kier alpha value is -1.10. The van der Waals surface area contributed by atoms with E-state index in [0.29, 0.717) is 6.61 Å². The largest absolute Gasteiger partial charge is 1.00 e. The van der Waals surface area contributed by atoms with Crippen LogP contribution in [0.2, 0.25) is 0 Å². The van der Waals surface area contributed by atoms with Gasteiger partial charge >= 0.3 is 5.97 Å². The lowest BCUT2D eigenvalue weighted by molar-refractivity contribution is -0.153. The summed E-state index contributed by atoms with van der Waals surface area (Å²) in [7, 11) is 0. The molecule has 3 rings (SSSR count). The summed E-state index contributed by atoms with van der Waals surface area (Å²) in [5.74, 6) is -0.0309. The summed E-state index contributed by atoms with van der Waals surface area (Å²) in [5, 5.41) is 0. The Balaban J connectivity index is 0.00000208. The average molecular weight is 353 g/mol. The summed E-state index contributed by atoms with van der Waals surface area (Å²) in [5.41, 5.74) is 0.695. The number of halogens is 1. The van der Waals surface area contributed by atoms with Gasteiger partial charge in [0.25, 0.3) is 0 Å². The fraction of sp³-hybridized carbons (Fsp3) is 0.632. The summed E-state index contributed by atoms with van der Waals surface area (Å²) < 4.78 is 11.1. The van der Waals surface area contributed by atoms with Crippen molar-refractivity contribution in [3.05, 3.63) is 35.9 Å². The van der Waals surface area contributed by atoms with Crippen LogP contribution >= 0.6 is 0 Å². The molecule has 0 atom stereocenters. The number of hydrogen-bond acceptors (Lipinski definition) is 4. The van der Waals surface area contributed by atoms with Crippen LogP contribution < -0.4 is 12.4 Å². The summed E-state index contributed by atoms with van der Waals surface area (Å²) >= 11 is 0. The number of ether oxygens (including phenoxy) is 2. The zero-order valence-electron chi connectivity index (χ0n) is 14.2. The van der Waals surface area contributed by atoms with Gasteiger partial charge in [-0.1, -0.05) is 49.6 Å². The fourth-order valence-electron chi connectivity index (χ4n) is 3.75. The van der Waals surface area contributed by atoms with Crippen LogP contribution in [0.1, 0.15) is 37.7 Å². The second kappa shape index (κ2) is 9.40. The van der Waals surface area contributed by atoms with Gasteiger partial charge in [0.15, 0.2) is 0 Å². The predicted molar refractivity (Wildman–Crippen MR) is 89.4 cm³/mol. The minimum atomic E-state index is -0.426. The number of morpholine rings is 1. The summed E-state index contributed by atoms with van der Waals surface area (Å²) in [6.07, 6.45) is 5.25. The molecule has 1 saturated heterocycles. The first kappa shape index (κ1) is 19.2. The summed E-state index contributed by atoms with van der Waals surface area (Å²) in [4.78, 5) is 15.2. The van der Waals surface area contributed by atoms with Crippen LogP contribution in [0.4, 0.5) is 0 Å². The molecule has 1 aliphatic carbocycles. The van der Waals surface area contributed by atoms with Crippen LogP contribution in [-0.2, 0) is 19.7 Å². The molecule has 0 spiro atoms. The van der Waals surface area contributed by atoms with Gasteiger partial charge in [0.05, 0.1) is 18.6 Å². The molecule has 0 amide bonds. The molecule has 1 saturated carbocycles. The van der Waals surface area contributed by atoms with Gasteiger partial charge in [-0.2, -0.15) is 0 Å². The van der Waals surface area contributed by atoms with Crippen molar-refractivity contribution >= 4 is 5.97 Å². The highest BCUT2D eigenvalue weighted by atomic mass is 35.5. The molecule has 1 heterocycles. The number of benzene rings is 1. The second-order valence-electron chi connectivity index (χ2n) is 6.60. The smallest absolute Gasteiger partial charge is 0.316 e. The summed E-state index contributed by atoms with van der Waals surface area (Å²) in [6, 6.07) is 10.2. The van der Waals surface area contributed by atoms with E-state index in [4.69, 9.17) is 9.47 Å². The van der Waals surface area contributed by atoms with Crippen LogP contribution in [0.3, 0.4) is 0 Å². The third-order valence-electron chi connectivity index (χ3n) is 5.17. The standard InChI is InChI=1S/C19H27NO3.ClH/c21-18(23-16-13-20-11-14-22-15-12-20)19(9-5-2-6-10-19)17-7-3-1-4-8-17;/h1,3-4,7-8H,2,5-6,9-16H2;1H/p-1. The second-order valence-corrected chi connectivity index (χ2v) is 6.60. The van der Waals surface area contributed by atoms with Crippen molar-refractivity contribution < 1.29 is 26.7 Å². The van der Waals surface area contributed by atoms with Crippen LogP contribution in [0.5, 0.6) is 0 Å². The molecule has 0 N–H and O–H groups in total. The van der Waals surface area contributed by atoms with E-state index in [2.05, 4.69) is 17.0 Å². The normalized spacial score (nSPS) is 20.8. The van der Waals surface area contributed by atoms with Crippen molar-refractivity contribution in [1.82, 2.24) is 4.90 Å². The van der Waals surface area contributed by atoms with Crippen molar-refractivity contribution in [2.45, 2.75) is 37.5 Å². The molecule has 1 aromatic carbocycles. The van der Waals surface area contributed by atoms with Gasteiger partial charge < -0.3 is 21.9 Å². The number of esters is 1. The average Bonchev–Trinajstić information content (AvgIpc) is 2.64. The Labute approximate surface area is 150 Å². The molecule has 1 aromatic rings. The Kier molecular flexibility index (Phi) is 7.53. The first-order valence-corrected chi connectivity index (χ1v) is 8.84. The third kappa shape index (κ3) is 4.50. The van der Waals surface area contributed by atoms with Crippen molar-refractivity contribution in [2.24, 2.45) is 0 Å². The quantitative estimate of drug-likeness (QED) is 0.686. The van der Waals surface area contributed by atoms with E-state index >= 15 is 0 Å². The molecule has 4 nitrogen and oxygen atoms in total. The fourth-order valence-corrected chi connectivity index (χ4v) is 3.75. The highest BCUT2D eigenvalue weighted by Crippen LogP contribution is 2.40. The van der Waals surface area contributed by atoms with Crippen LogP contribution in [0.15, 0.2) is 30.3 Å². The number of nitrogens with zero attached hydrogens (tertiary/aromatic N) is 1. The molecule has 0 unspecified atom stereocenters. The Morgan fingerprint density at radius 1 is 1.08 bits per heavy atom. The number of rotatable bonds is 5.